The smallest absolute Gasteiger partial charge is 0.127 e. The normalized spacial score (nSPS) is 9.74. The molecule has 2 N–H and O–H groups in total. The zero-order valence-electron chi connectivity index (χ0n) is 10.4. The average Bonchev–Trinajstić information content (AvgIpc) is 2.41. The van der Waals surface area contributed by atoms with E-state index in [4.69, 9.17) is 5.26 Å². The van der Waals surface area contributed by atoms with E-state index in [9.17, 15) is 0 Å². The Kier molecular flexibility index (Phi) is 4.37. The van der Waals surface area contributed by atoms with Crippen molar-refractivity contribution >= 4 is 33.1 Å². The zero-order chi connectivity index (χ0) is 13.7. The van der Waals surface area contributed by atoms with Gasteiger partial charge in [0.1, 0.15) is 11.9 Å². The van der Waals surface area contributed by atoms with Gasteiger partial charge < -0.3 is 10.6 Å². The fourth-order valence-electron chi connectivity index (χ4n) is 1.66. The van der Waals surface area contributed by atoms with Crippen LogP contribution in [0, 0.1) is 11.3 Å². The minimum absolute atomic E-state index is 0.594. The van der Waals surface area contributed by atoms with Crippen molar-refractivity contribution in [2.45, 2.75) is 6.92 Å². The summed E-state index contributed by atoms with van der Waals surface area (Å²) in [5.41, 5.74) is 2.26. The molecule has 0 atom stereocenters. The van der Waals surface area contributed by atoms with Crippen molar-refractivity contribution in [1.82, 2.24) is 4.98 Å². The number of nitriles is 1. The van der Waals surface area contributed by atoms with E-state index in [1.165, 1.54) is 0 Å². The molecular weight excluding hydrogens is 304 g/mol. The Morgan fingerprint density at radius 2 is 2.16 bits per heavy atom. The minimum atomic E-state index is 0.594. The van der Waals surface area contributed by atoms with Gasteiger partial charge in [0.25, 0.3) is 0 Å². The van der Waals surface area contributed by atoms with Gasteiger partial charge in [-0.05, 0) is 31.2 Å². The van der Waals surface area contributed by atoms with Gasteiger partial charge in [-0.1, -0.05) is 15.9 Å². The van der Waals surface area contributed by atoms with Crippen molar-refractivity contribution in [3.8, 4) is 6.07 Å². The number of halogens is 1. The van der Waals surface area contributed by atoms with Crippen LogP contribution in [0.25, 0.3) is 0 Å². The van der Waals surface area contributed by atoms with E-state index in [0.717, 1.165) is 28.2 Å². The second-order valence-corrected chi connectivity index (χ2v) is 4.80. The molecule has 0 aliphatic rings. The maximum Gasteiger partial charge on any atom is 0.127 e. The molecule has 0 unspecified atom stereocenters. The third-order valence-electron chi connectivity index (χ3n) is 2.50. The maximum atomic E-state index is 9.12. The Balaban J connectivity index is 2.26. The quantitative estimate of drug-likeness (QED) is 0.898. The summed E-state index contributed by atoms with van der Waals surface area (Å²) in [4.78, 5) is 4.20. The van der Waals surface area contributed by atoms with Gasteiger partial charge in [0, 0.05) is 29.0 Å². The summed E-state index contributed by atoms with van der Waals surface area (Å²) in [6, 6.07) is 11.5. The summed E-state index contributed by atoms with van der Waals surface area (Å²) in [6.45, 7) is 2.84. The summed E-state index contributed by atoms with van der Waals surface area (Å²) in [6.07, 6.45) is 1.73. The van der Waals surface area contributed by atoms with Gasteiger partial charge in [-0.2, -0.15) is 5.26 Å². The first-order valence-corrected chi connectivity index (χ1v) is 6.69. The fourth-order valence-corrected chi connectivity index (χ4v) is 2.02. The lowest BCUT2D eigenvalue weighted by Gasteiger charge is -2.10. The molecule has 2 aromatic rings. The number of anilines is 3. The van der Waals surface area contributed by atoms with Crippen LogP contribution in [-0.4, -0.2) is 11.5 Å². The Labute approximate surface area is 120 Å². The number of hydrogen-bond donors (Lipinski definition) is 2. The van der Waals surface area contributed by atoms with Gasteiger partial charge in [0.2, 0.25) is 0 Å². The number of pyridine rings is 1. The Morgan fingerprint density at radius 1 is 1.32 bits per heavy atom. The van der Waals surface area contributed by atoms with Crippen molar-refractivity contribution in [3.63, 3.8) is 0 Å². The van der Waals surface area contributed by atoms with E-state index in [1.807, 2.05) is 31.2 Å². The molecule has 2 rings (SSSR count). The number of hydrogen-bond acceptors (Lipinski definition) is 4. The molecule has 0 radical (unpaired) electrons. The van der Waals surface area contributed by atoms with E-state index in [-0.39, 0.29) is 0 Å². The highest BCUT2D eigenvalue weighted by atomic mass is 79.9. The molecule has 1 aromatic heterocycles. The van der Waals surface area contributed by atoms with Crippen LogP contribution < -0.4 is 10.6 Å². The topological polar surface area (TPSA) is 60.7 Å². The van der Waals surface area contributed by atoms with Gasteiger partial charge in [-0.3, -0.25) is 0 Å². The van der Waals surface area contributed by atoms with Crippen molar-refractivity contribution in [3.05, 3.63) is 46.6 Å². The van der Waals surface area contributed by atoms with Gasteiger partial charge in [-0.15, -0.1) is 0 Å². The van der Waals surface area contributed by atoms with Crippen molar-refractivity contribution in [2.75, 3.05) is 17.2 Å². The lowest BCUT2D eigenvalue weighted by atomic mass is 10.2. The van der Waals surface area contributed by atoms with Crippen LogP contribution in [0.4, 0.5) is 17.2 Å². The van der Waals surface area contributed by atoms with Crippen molar-refractivity contribution in [2.24, 2.45) is 0 Å². The summed E-state index contributed by atoms with van der Waals surface area (Å²) in [5.74, 6) is 0.808. The molecule has 0 saturated heterocycles. The van der Waals surface area contributed by atoms with Crippen LogP contribution in [-0.2, 0) is 0 Å². The SMILES string of the molecule is CCNc1cc(Nc2ccc(Br)cc2C#N)ccn1. The molecule has 1 aromatic carbocycles. The third kappa shape index (κ3) is 3.46. The molecule has 0 amide bonds. The standard InChI is InChI=1S/C14H13BrN4/c1-2-17-14-8-12(5-6-18-14)19-13-4-3-11(15)7-10(13)9-16/h3-8H,2H2,1H3,(H2,17,18,19). The zero-order valence-corrected chi connectivity index (χ0v) is 12.0. The summed E-state index contributed by atoms with van der Waals surface area (Å²) in [7, 11) is 0. The summed E-state index contributed by atoms with van der Waals surface area (Å²) < 4.78 is 0.887. The van der Waals surface area contributed by atoms with Crippen LogP contribution >= 0.6 is 15.9 Å². The first-order chi connectivity index (χ1) is 9.22. The van der Waals surface area contributed by atoms with Gasteiger partial charge >= 0.3 is 0 Å². The number of benzene rings is 1. The largest absolute Gasteiger partial charge is 0.370 e. The van der Waals surface area contributed by atoms with Gasteiger partial charge in [0.05, 0.1) is 11.3 Å². The monoisotopic (exact) mass is 316 g/mol. The molecule has 0 aliphatic heterocycles. The van der Waals surface area contributed by atoms with E-state index < -0.39 is 0 Å². The first kappa shape index (κ1) is 13.4. The second-order valence-electron chi connectivity index (χ2n) is 3.89. The highest BCUT2D eigenvalue weighted by Gasteiger charge is 2.04. The molecule has 5 heteroatoms. The lowest BCUT2D eigenvalue weighted by Crippen LogP contribution is -2.00. The Morgan fingerprint density at radius 3 is 2.89 bits per heavy atom. The molecule has 96 valence electrons. The number of rotatable bonds is 4. The first-order valence-electron chi connectivity index (χ1n) is 5.89. The molecule has 0 aliphatic carbocycles. The minimum Gasteiger partial charge on any atom is -0.370 e. The third-order valence-corrected chi connectivity index (χ3v) is 2.99. The van der Waals surface area contributed by atoms with Crippen LogP contribution in [0.5, 0.6) is 0 Å². The molecule has 4 nitrogen and oxygen atoms in total. The lowest BCUT2D eigenvalue weighted by molar-refractivity contribution is 1.16. The molecule has 0 fully saturated rings. The molecular formula is C14H13BrN4. The molecule has 0 bridgehead atoms. The Hall–Kier alpha value is -2.06. The Bertz CT molecular complexity index is 619. The molecule has 0 spiro atoms. The number of nitrogens with one attached hydrogen (secondary N) is 2. The van der Waals surface area contributed by atoms with Crippen LogP contribution in [0.2, 0.25) is 0 Å². The van der Waals surface area contributed by atoms with Crippen LogP contribution in [0.15, 0.2) is 41.0 Å². The molecule has 0 saturated carbocycles. The summed E-state index contributed by atoms with van der Waals surface area (Å²) >= 11 is 3.36. The van der Waals surface area contributed by atoms with Crippen LogP contribution in [0.3, 0.4) is 0 Å². The summed E-state index contributed by atoms with van der Waals surface area (Å²) in [5, 5.41) is 15.5. The predicted molar refractivity (Wildman–Crippen MR) is 80.5 cm³/mol. The van der Waals surface area contributed by atoms with E-state index in [2.05, 4.69) is 37.6 Å². The van der Waals surface area contributed by atoms with Crippen molar-refractivity contribution < 1.29 is 0 Å². The number of aromatic nitrogens is 1. The van der Waals surface area contributed by atoms with E-state index >= 15 is 0 Å². The highest BCUT2D eigenvalue weighted by molar-refractivity contribution is 9.10. The van der Waals surface area contributed by atoms with Crippen LogP contribution in [0.1, 0.15) is 12.5 Å². The average molecular weight is 317 g/mol. The maximum absolute atomic E-state index is 9.12. The van der Waals surface area contributed by atoms with Gasteiger partial charge in [0.15, 0.2) is 0 Å². The predicted octanol–water partition coefficient (Wildman–Crippen LogP) is 3.89. The fraction of sp³-hybridized carbons (Fsp3) is 0.143. The number of nitrogens with zero attached hydrogens (tertiary/aromatic N) is 2. The molecule has 1 heterocycles. The van der Waals surface area contributed by atoms with Crippen molar-refractivity contribution in [1.29, 1.82) is 5.26 Å². The highest BCUT2D eigenvalue weighted by Crippen LogP contribution is 2.24. The van der Waals surface area contributed by atoms with E-state index in [0.29, 0.717) is 5.56 Å². The molecule has 19 heavy (non-hydrogen) atoms. The van der Waals surface area contributed by atoms with Gasteiger partial charge in [-0.25, -0.2) is 4.98 Å². The second kappa shape index (κ2) is 6.21. The van der Waals surface area contributed by atoms with E-state index in [1.54, 1.807) is 12.3 Å².